The van der Waals surface area contributed by atoms with Crippen molar-refractivity contribution in [2.75, 3.05) is 0 Å². The van der Waals surface area contributed by atoms with E-state index in [9.17, 15) is 4.80 Å². The van der Waals surface area contributed by atoms with Gasteiger partial charge in [-0.1, -0.05) is 24.3 Å². The Bertz CT molecular complexity index is 651. The van der Waals surface area contributed by atoms with Crippen molar-refractivity contribution in [1.29, 1.82) is 0 Å². The smallest absolute Gasteiger partial charge is 0.391 e. The van der Waals surface area contributed by atoms with E-state index in [4.69, 9.17) is 0 Å². The van der Waals surface area contributed by atoms with Gasteiger partial charge in [0.05, 0.1) is 0 Å². The minimum absolute atomic E-state index is 0.987. The van der Waals surface area contributed by atoms with Gasteiger partial charge in [-0.3, -0.25) is 4.64 Å². The van der Waals surface area contributed by atoms with Crippen LogP contribution in [-0.2, 0) is 0 Å². The predicted octanol–water partition coefficient (Wildman–Crippen LogP) is 2.17. The van der Waals surface area contributed by atoms with Gasteiger partial charge in [-0.25, -0.2) is 0 Å². The van der Waals surface area contributed by atoms with Crippen molar-refractivity contribution < 1.29 is 4.80 Å². The second-order valence-corrected chi connectivity index (χ2v) is 5.00. The van der Waals surface area contributed by atoms with Crippen LogP contribution in [0.15, 0.2) is 48.7 Å². The standard InChI is InChI=1S/C12H9NOSi/c14-15-12-8-10-4-2-1-3-9(10)7-11(12)5-6-13-15/h1-8,14H. The van der Waals surface area contributed by atoms with E-state index < -0.39 is 8.81 Å². The summed E-state index contributed by atoms with van der Waals surface area (Å²) in [5.41, 5.74) is 0. The van der Waals surface area contributed by atoms with Crippen LogP contribution in [-0.4, -0.2) is 18.2 Å². The summed E-state index contributed by atoms with van der Waals surface area (Å²) >= 11 is 0. The highest BCUT2D eigenvalue weighted by molar-refractivity contribution is 6.53. The molecule has 0 aliphatic heterocycles. The lowest BCUT2D eigenvalue weighted by atomic mass is 10.1. The van der Waals surface area contributed by atoms with E-state index in [1.165, 1.54) is 10.8 Å². The molecule has 0 aliphatic rings. The molecule has 15 heavy (non-hydrogen) atoms. The summed E-state index contributed by atoms with van der Waals surface area (Å²) in [6, 6.07) is 14.3. The quantitative estimate of drug-likeness (QED) is 0.456. The fourth-order valence-electron chi connectivity index (χ4n) is 1.85. The van der Waals surface area contributed by atoms with Gasteiger partial charge < -0.3 is 4.80 Å². The van der Waals surface area contributed by atoms with Gasteiger partial charge in [0.25, 0.3) is 0 Å². The van der Waals surface area contributed by atoms with E-state index in [1.54, 1.807) is 6.20 Å². The van der Waals surface area contributed by atoms with Gasteiger partial charge >= 0.3 is 8.81 Å². The van der Waals surface area contributed by atoms with Crippen LogP contribution >= 0.6 is 0 Å². The molecule has 1 N–H and O–H groups in total. The Morgan fingerprint density at radius 3 is 2.47 bits per heavy atom. The van der Waals surface area contributed by atoms with Crippen molar-refractivity contribution in [1.82, 2.24) is 4.64 Å². The number of rotatable bonds is 0. The van der Waals surface area contributed by atoms with E-state index in [0.29, 0.717) is 0 Å². The lowest BCUT2D eigenvalue weighted by Crippen LogP contribution is -2.00. The van der Waals surface area contributed by atoms with Crippen molar-refractivity contribution in [2.45, 2.75) is 0 Å². The number of benzene rings is 2. The zero-order valence-electron chi connectivity index (χ0n) is 8.01. The number of hydrogen-bond donors (Lipinski definition) is 1. The van der Waals surface area contributed by atoms with Crippen LogP contribution < -0.4 is 0 Å². The first-order chi connectivity index (χ1) is 7.34. The first-order valence-electron chi connectivity index (χ1n) is 4.81. The molecule has 0 radical (unpaired) electrons. The highest BCUT2D eigenvalue weighted by Gasteiger charge is 2.03. The van der Waals surface area contributed by atoms with Crippen LogP contribution in [0.4, 0.5) is 0 Å². The number of fused-ring (bicyclic) bond motifs is 2. The van der Waals surface area contributed by atoms with Crippen molar-refractivity contribution >= 4 is 30.0 Å². The molecule has 3 rings (SSSR count). The van der Waals surface area contributed by atoms with E-state index in [1.807, 2.05) is 24.3 Å². The van der Waals surface area contributed by atoms with E-state index >= 15 is 0 Å². The van der Waals surface area contributed by atoms with Gasteiger partial charge in [-0.05, 0) is 34.4 Å². The molecule has 2 aromatic carbocycles. The van der Waals surface area contributed by atoms with Crippen molar-refractivity contribution in [3.8, 4) is 0 Å². The predicted molar refractivity (Wildman–Crippen MR) is 62.8 cm³/mol. The molecule has 0 saturated heterocycles. The molecule has 3 aromatic rings. The zero-order valence-corrected chi connectivity index (χ0v) is 9.01. The molecular formula is C12H9NOSi. The van der Waals surface area contributed by atoms with Crippen LogP contribution in [0.1, 0.15) is 0 Å². The van der Waals surface area contributed by atoms with Gasteiger partial charge in [0.1, 0.15) is 0 Å². The Morgan fingerprint density at radius 2 is 1.67 bits per heavy atom. The normalized spacial score (nSPS) is 10.9. The zero-order chi connectivity index (χ0) is 10.3. The fourth-order valence-corrected chi connectivity index (χ4v) is 2.90. The van der Waals surface area contributed by atoms with Crippen molar-refractivity contribution in [3.05, 3.63) is 48.7 Å². The Morgan fingerprint density at radius 1 is 0.933 bits per heavy atom. The SMILES string of the molecule is O[si]1nccc2cc3ccccc3cc21. The molecule has 0 bridgehead atoms. The molecule has 0 amide bonds. The van der Waals surface area contributed by atoms with Crippen molar-refractivity contribution in [2.24, 2.45) is 0 Å². The minimum atomic E-state index is -1.70. The summed E-state index contributed by atoms with van der Waals surface area (Å²) in [4.78, 5) is 10.8. The average molecular weight is 211 g/mol. The van der Waals surface area contributed by atoms with Crippen molar-refractivity contribution in [3.63, 3.8) is 0 Å². The van der Waals surface area contributed by atoms with Gasteiger partial charge in [0.2, 0.25) is 0 Å². The Kier molecular flexibility index (Phi) is 1.79. The second kappa shape index (κ2) is 3.14. The molecule has 2 nitrogen and oxygen atoms in total. The molecular weight excluding hydrogens is 202 g/mol. The van der Waals surface area contributed by atoms with Crippen LogP contribution in [0.5, 0.6) is 0 Å². The third kappa shape index (κ3) is 1.32. The Labute approximate surface area is 88.6 Å². The van der Waals surface area contributed by atoms with Crippen LogP contribution in [0.3, 0.4) is 0 Å². The second-order valence-electron chi connectivity index (χ2n) is 3.56. The summed E-state index contributed by atoms with van der Waals surface area (Å²) in [6.45, 7) is 0. The lowest BCUT2D eigenvalue weighted by Gasteiger charge is -2.02. The van der Waals surface area contributed by atoms with Gasteiger partial charge in [-0.2, -0.15) is 0 Å². The molecule has 0 aliphatic carbocycles. The van der Waals surface area contributed by atoms with Gasteiger partial charge in [0.15, 0.2) is 0 Å². The van der Waals surface area contributed by atoms with Crippen LogP contribution in [0.25, 0.3) is 21.2 Å². The molecule has 1 aromatic heterocycles. The molecule has 0 spiro atoms. The Hall–Kier alpha value is -1.74. The minimum Gasteiger partial charge on any atom is -0.550 e. The molecule has 0 atom stereocenters. The van der Waals surface area contributed by atoms with Gasteiger partial charge in [0, 0.05) is 11.2 Å². The first-order valence-corrected chi connectivity index (χ1v) is 6.20. The summed E-state index contributed by atoms with van der Waals surface area (Å²) in [5.74, 6) is 0. The maximum Gasteiger partial charge on any atom is 0.391 e. The highest BCUT2D eigenvalue weighted by Crippen LogP contribution is 2.20. The van der Waals surface area contributed by atoms with Crippen LogP contribution in [0.2, 0.25) is 0 Å². The summed E-state index contributed by atoms with van der Waals surface area (Å²) < 4.78 is 4.05. The molecule has 3 heteroatoms. The number of nitrogens with zero attached hydrogens (tertiary/aromatic N) is 1. The van der Waals surface area contributed by atoms with Gasteiger partial charge in [-0.15, -0.1) is 0 Å². The van der Waals surface area contributed by atoms with Crippen LogP contribution in [0, 0.1) is 0 Å². The average Bonchev–Trinajstić information content (AvgIpc) is 2.27. The van der Waals surface area contributed by atoms with E-state index in [0.717, 1.165) is 10.4 Å². The largest absolute Gasteiger partial charge is 0.550 e. The molecule has 0 unspecified atom stereocenters. The molecule has 1 heterocycles. The molecule has 72 valence electrons. The highest BCUT2D eigenvalue weighted by atomic mass is 28.3. The fraction of sp³-hybridized carbons (Fsp3) is 0. The maximum absolute atomic E-state index is 9.80. The monoisotopic (exact) mass is 211 g/mol. The first kappa shape index (κ1) is 8.56. The number of aromatic nitrogens is 1. The summed E-state index contributed by atoms with van der Waals surface area (Å²) in [7, 11) is -1.70. The summed E-state index contributed by atoms with van der Waals surface area (Å²) in [5, 5.41) is 3.47. The number of hydrogen-bond acceptors (Lipinski definition) is 2. The molecule has 0 saturated carbocycles. The van der Waals surface area contributed by atoms with E-state index in [-0.39, 0.29) is 0 Å². The third-order valence-electron chi connectivity index (χ3n) is 2.61. The van der Waals surface area contributed by atoms with E-state index in [2.05, 4.69) is 22.8 Å². The maximum atomic E-state index is 9.80. The third-order valence-corrected chi connectivity index (χ3v) is 3.92. The molecule has 0 fully saturated rings. The Balaban J connectivity index is 2.53. The topological polar surface area (TPSA) is 33.1 Å². The lowest BCUT2D eigenvalue weighted by molar-refractivity contribution is 0.599. The summed E-state index contributed by atoms with van der Waals surface area (Å²) in [6.07, 6.45) is 1.70.